The Balaban J connectivity index is 1.77. The molecule has 0 bridgehead atoms. The van der Waals surface area contributed by atoms with Crippen LogP contribution in [0.1, 0.15) is 12.5 Å². The molecular formula is C17H18F2N4O3. The molecule has 7 nitrogen and oxygen atoms in total. The summed E-state index contributed by atoms with van der Waals surface area (Å²) < 4.78 is 31.5. The Hall–Kier alpha value is -3.23. The van der Waals surface area contributed by atoms with E-state index in [0.717, 1.165) is 12.1 Å². The zero-order chi connectivity index (χ0) is 18.9. The molecule has 0 aliphatic carbocycles. The standard InChI is InChI=1S/C17H18F2N4O3/c1-2-20-17(25)23-13-5-6-16(22-9-13)26-10-15(24)21-8-11-3-4-12(18)7-14(11)19/h3-7,9H,2,8,10H2,1H3,(H,21,24)(H2,20,23,25). The number of halogens is 2. The highest BCUT2D eigenvalue weighted by molar-refractivity contribution is 5.88. The molecule has 0 aliphatic heterocycles. The Kier molecular flexibility index (Phi) is 6.84. The predicted molar refractivity (Wildman–Crippen MR) is 90.6 cm³/mol. The van der Waals surface area contributed by atoms with Crippen molar-refractivity contribution in [3.05, 3.63) is 53.7 Å². The summed E-state index contributed by atoms with van der Waals surface area (Å²) in [5.74, 6) is -1.71. The van der Waals surface area contributed by atoms with Gasteiger partial charge in [-0.3, -0.25) is 4.79 Å². The van der Waals surface area contributed by atoms with Gasteiger partial charge in [0.1, 0.15) is 11.6 Å². The normalized spacial score (nSPS) is 10.1. The second kappa shape index (κ2) is 9.30. The molecular weight excluding hydrogens is 346 g/mol. The molecule has 138 valence electrons. The molecule has 0 saturated carbocycles. The maximum Gasteiger partial charge on any atom is 0.319 e. The van der Waals surface area contributed by atoms with Crippen LogP contribution in [0.25, 0.3) is 0 Å². The smallest absolute Gasteiger partial charge is 0.319 e. The molecule has 0 radical (unpaired) electrons. The highest BCUT2D eigenvalue weighted by atomic mass is 19.1. The summed E-state index contributed by atoms with van der Waals surface area (Å²) in [5, 5.41) is 7.61. The molecule has 2 aromatic rings. The predicted octanol–water partition coefficient (Wildman–Crippen LogP) is 2.20. The number of urea groups is 1. The number of carbonyl (C=O) groups is 2. The van der Waals surface area contributed by atoms with Crippen LogP contribution in [0.3, 0.4) is 0 Å². The number of hydrogen-bond donors (Lipinski definition) is 3. The number of aromatic nitrogens is 1. The first-order chi connectivity index (χ1) is 12.5. The second-order valence-corrected chi connectivity index (χ2v) is 5.17. The first kappa shape index (κ1) is 19.1. The third kappa shape index (κ3) is 6.00. The minimum atomic E-state index is -0.733. The largest absolute Gasteiger partial charge is 0.468 e. The number of nitrogens with zero attached hydrogens (tertiary/aromatic N) is 1. The molecule has 3 N–H and O–H groups in total. The molecule has 0 spiro atoms. The molecule has 26 heavy (non-hydrogen) atoms. The molecule has 0 fully saturated rings. The highest BCUT2D eigenvalue weighted by Gasteiger charge is 2.08. The Bertz CT molecular complexity index is 769. The van der Waals surface area contributed by atoms with E-state index in [1.54, 1.807) is 13.0 Å². The molecule has 1 aromatic carbocycles. The lowest BCUT2D eigenvalue weighted by Crippen LogP contribution is -2.29. The van der Waals surface area contributed by atoms with Crippen LogP contribution in [-0.2, 0) is 11.3 Å². The van der Waals surface area contributed by atoms with E-state index in [1.165, 1.54) is 18.3 Å². The second-order valence-electron chi connectivity index (χ2n) is 5.17. The molecule has 3 amide bonds. The number of carbonyl (C=O) groups excluding carboxylic acids is 2. The molecule has 0 unspecified atom stereocenters. The number of amides is 3. The van der Waals surface area contributed by atoms with Gasteiger partial charge in [-0.05, 0) is 19.1 Å². The molecule has 0 saturated heterocycles. The molecule has 2 rings (SSSR count). The lowest BCUT2D eigenvalue weighted by atomic mass is 10.2. The van der Waals surface area contributed by atoms with Gasteiger partial charge in [-0.25, -0.2) is 18.6 Å². The van der Waals surface area contributed by atoms with E-state index in [9.17, 15) is 18.4 Å². The van der Waals surface area contributed by atoms with Crippen LogP contribution >= 0.6 is 0 Å². The number of pyridine rings is 1. The monoisotopic (exact) mass is 364 g/mol. The van der Waals surface area contributed by atoms with Gasteiger partial charge in [0.2, 0.25) is 5.88 Å². The van der Waals surface area contributed by atoms with Crippen LogP contribution in [0, 0.1) is 11.6 Å². The van der Waals surface area contributed by atoms with Crippen molar-refractivity contribution >= 4 is 17.6 Å². The third-order valence-corrected chi connectivity index (χ3v) is 3.17. The van der Waals surface area contributed by atoms with Gasteiger partial charge in [-0.15, -0.1) is 0 Å². The van der Waals surface area contributed by atoms with Gasteiger partial charge in [-0.2, -0.15) is 0 Å². The minimum Gasteiger partial charge on any atom is -0.468 e. The third-order valence-electron chi connectivity index (χ3n) is 3.17. The van der Waals surface area contributed by atoms with Crippen molar-refractivity contribution in [1.29, 1.82) is 0 Å². The zero-order valence-electron chi connectivity index (χ0n) is 14.0. The van der Waals surface area contributed by atoms with Gasteiger partial charge in [0, 0.05) is 30.8 Å². The summed E-state index contributed by atoms with van der Waals surface area (Å²) in [6, 6.07) is 5.83. The topological polar surface area (TPSA) is 92.4 Å². The Morgan fingerprint density at radius 3 is 2.62 bits per heavy atom. The molecule has 1 heterocycles. The summed E-state index contributed by atoms with van der Waals surface area (Å²) in [5.41, 5.74) is 0.637. The van der Waals surface area contributed by atoms with Gasteiger partial charge in [0.05, 0.1) is 11.9 Å². The van der Waals surface area contributed by atoms with E-state index in [-0.39, 0.29) is 30.6 Å². The van der Waals surface area contributed by atoms with E-state index in [4.69, 9.17) is 4.74 Å². The van der Waals surface area contributed by atoms with Gasteiger partial charge in [-0.1, -0.05) is 6.07 Å². The van der Waals surface area contributed by atoms with Crippen molar-refractivity contribution in [2.75, 3.05) is 18.5 Å². The van der Waals surface area contributed by atoms with Crippen LogP contribution < -0.4 is 20.7 Å². The lowest BCUT2D eigenvalue weighted by Gasteiger charge is -2.09. The maximum atomic E-state index is 13.5. The Labute approximate surface area is 148 Å². The van der Waals surface area contributed by atoms with Crippen molar-refractivity contribution < 1.29 is 23.1 Å². The van der Waals surface area contributed by atoms with Crippen molar-refractivity contribution in [3.63, 3.8) is 0 Å². The average molecular weight is 364 g/mol. The average Bonchev–Trinajstić information content (AvgIpc) is 2.60. The van der Waals surface area contributed by atoms with Crippen molar-refractivity contribution in [2.24, 2.45) is 0 Å². The van der Waals surface area contributed by atoms with E-state index >= 15 is 0 Å². The van der Waals surface area contributed by atoms with E-state index < -0.39 is 17.5 Å². The lowest BCUT2D eigenvalue weighted by molar-refractivity contribution is -0.123. The maximum absolute atomic E-state index is 13.5. The zero-order valence-corrected chi connectivity index (χ0v) is 14.0. The number of hydrogen-bond acceptors (Lipinski definition) is 4. The van der Waals surface area contributed by atoms with E-state index in [1.807, 2.05) is 0 Å². The van der Waals surface area contributed by atoms with Crippen LogP contribution in [0.4, 0.5) is 19.3 Å². The van der Waals surface area contributed by atoms with Gasteiger partial charge in [0.15, 0.2) is 6.61 Å². The van der Waals surface area contributed by atoms with E-state index in [0.29, 0.717) is 12.2 Å². The van der Waals surface area contributed by atoms with Gasteiger partial charge < -0.3 is 20.7 Å². The Morgan fingerprint density at radius 2 is 1.96 bits per heavy atom. The van der Waals surface area contributed by atoms with Crippen LogP contribution in [0.5, 0.6) is 5.88 Å². The Morgan fingerprint density at radius 1 is 1.15 bits per heavy atom. The summed E-state index contributed by atoms with van der Waals surface area (Å²) in [6.07, 6.45) is 1.39. The molecule has 1 aromatic heterocycles. The number of benzene rings is 1. The van der Waals surface area contributed by atoms with Crippen molar-refractivity contribution in [1.82, 2.24) is 15.6 Å². The van der Waals surface area contributed by atoms with Crippen LogP contribution in [0.15, 0.2) is 36.5 Å². The van der Waals surface area contributed by atoms with Crippen molar-refractivity contribution in [3.8, 4) is 5.88 Å². The first-order valence-electron chi connectivity index (χ1n) is 7.82. The molecule has 0 aliphatic rings. The minimum absolute atomic E-state index is 0.0862. The summed E-state index contributed by atoms with van der Waals surface area (Å²) in [4.78, 5) is 27.0. The quantitative estimate of drug-likeness (QED) is 0.702. The fourth-order valence-corrected chi connectivity index (χ4v) is 1.92. The summed E-state index contributed by atoms with van der Waals surface area (Å²) in [7, 11) is 0. The van der Waals surface area contributed by atoms with E-state index in [2.05, 4.69) is 20.9 Å². The number of anilines is 1. The fourth-order valence-electron chi connectivity index (χ4n) is 1.92. The molecule has 9 heteroatoms. The van der Waals surface area contributed by atoms with Crippen LogP contribution in [0.2, 0.25) is 0 Å². The van der Waals surface area contributed by atoms with Crippen LogP contribution in [-0.4, -0.2) is 30.1 Å². The fraction of sp³-hybridized carbons (Fsp3) is 0.235. The van der Waals surface area contributed by atoms with Gasteiger partial charge >= 0.3 is 6.03 Å². The number of rotatable bonds is 7. The van der Waals surface area contributed by atoms with Crippen molar-refractivity contribution in [2.45, 2.75) is 13.5 Å². The van der Waals surface area contributed by atoms with Gasteiger partial charge in [0.25, 0.3) is 5.91 Å². The summed E-state index contributed by atoms with van der Waals surface area (Å²) >= 11 is 0. The first-order valence-corrected chi connectivity index (χ1v) is 7.82. The number of nitrogens with one attached hydrogen (secondary N) is 3. The SMILES string of the molecule is CCNC(=O)Nc1ccc(OCC(=O)NCc2ccc(F)cc2F)nc1. The highest BCUT2D eigenvalue weighted by Crippen LogP contribution is 2.12. The summed E-state index contributed by atoms with van der Waals surface area (Å²) in [6.45, 7) is 1.89. The number of ether oxygens (including phenoxy) is 1. The molecule has 0 atom stereocenters.